The zero-order valence-corrected chi connectivity index (χ0v) is 30.1. The molecule has 0 atom stereocenters. The second kappa shape index (κ2) is 14.3. The first-order valence-corrected chi connectivity index (χ1v) is 18.3. The molecule has 8 aromatic carbocycles. The Hall–Kier alpha value is -7.56. The van der Waals surface area contributed by atoms with E-state index in [2.05, 4.69) is 60.7 Å². The fraction of sp³-hybridized carbons (Fsp3) is 0. The Morgan fingerprint density at radius 1 is 0.214 bits per heavy atom. The highest BCUT2D eigenvalue weighted by Gasteiger charge is 2.25. The number of hydrogen-bond acceptors (Lipinski definition) is 4. The van der Waals surface area contributed by atoms with Gasteiger partial charge in [0.05, 0.1) is 0 Å². The van der Waals surface area contributed by atoms with E-state index >= 15 is 0 Å². The molecule has 9 rings (SSSR count). The highest BCUT2D eigenvalue weighted by Crippen LogP contribution is 2.50. The molecule has 0 heterocycles. The van der Waals surface area contributed by atoms with Crippen molar-refractivity contribution in [2.75, 3.05) is 0 Å². The average molecular weight is 721 g/mol. The van der Waals surface area contributed by atoms with E-state index in [0.29, 0.717) is 22.3 Å². The van der Waals surface area contributed by atoms with Gasteiger partial charge in [-0.3, -0.25) is 19.2 Å². The van der Waals surface area contributed by atoms with Crippen LogP contribution in [0, 0.1) is 0 Å². The van der Waals surface area contributed by atoms with Gasteiger partial charge in [-0.15, -0.1) is 0 Å². The number of carbonyl (C=O) groups excluding carboxylic acids is 4. The molecule has 0 fully saturated rings. The summed E-state index contributed by atoms with van der Waals surface area (Å²) in [6, 6.07) is 56.4. The molecule has 4 nitrogen and oxygen atoms in total. The maximum atomic E-state index is 12.3. The van der Waals surface area contributed by atoms with E-state index in [4.69, 9.17) is 0 Å². The molecule has 264 valence electrons. The molecule has 0 N–H and O–H groups in total. The maximum Gasteiger partial charge on any atom is 0.150 e. The van der Waals surface area contributed by atoms with Crippen molar-refractivity contribution >= 4 is 25.1 Å². The molecule has 4 heteroatoms. The quantitative estimate of drug-likeness (QED) is 0.147. The summed E-state index contributed by atoms with van der Waals surface area (Å²) in [7, 11) is 0. The molecule has 0 bridgehead atoms. The van der Waals surface area contributed by atoms with Crippen molar-refractivity contribution in [3.05, 3.63) is 192 Å². The van der Waals surface area contributed by atoms with Crippen LogP contribution in [0.15, 0.2) is 170 Å². The van der Waals surface area contributed by atoms with Crippen molar-refractivity contribution in [1.82, 2.24) is 0 Å². The van der Waals surface area contributed by atoms with Gasteiger partial charge in [0, 0.05) is 22.3 Å². The average Bonchev–Trinajstić information content (AvgIpc) is 3.28. The lowest BCUT2D eigenvalue weighted by molar-refractivity contribution is 0.111. The van der Waals surface area contributed by atoms with Crippen molar-refractivity contribution in [3.8, 4) is 89.0 Å². The third-order valence-corrected chi connectivity index (χ3v) is 10.8. The summed E-state index contributed by atoms with van der Waals surface area (Å²) in [6.45, 7) is 0. The summed E-state index contributed by atoms with van der Waals surface area (Å²) in [5.74, 6) is 0. The molecule has 0 saturated carbocycles. The van der Waals surface area contributed by atoms with Crippen LogP contribution in [0.4, 0.5) is 0 Å². The first-order valence-electron chi connectivity index (χ1n) is 18.3. The predicted octanol–water partition coefficient (Wildman–Crippen LogP) is 12.6. The van der Waals surface area contributed by atoms with Crippen molar-refractivity contribution in [1.29, 1.82) is 0 Å². The number of carbonyl (C=O) groups is 4. The maximum absolute atomic E-state index is 12.3. The molecule has 1 aliphatic carbocycles. The Kier molecular flexibility index (Phi) is 8.77. The fourth-order valence-electron chi connectivity index (χ4n) is 7.98. The van der Waals surface area contributed by atoms with Gasteiger partial charge in [0.2, 0.25) is 0 Å². The molecular formula is C52H32O4. The van der Waals surface area contributed by atoms with Crippen molar-refractivity contribution in [3.63, 3.8) is 0 Å². The topological polar surface area (TPSA) is 68.3 Å². The van der Waals surface area contributed by atoms with E-state index < -0.39 is 0 Å². The Bertz CT molecular complexity index is 2670. The van der Waals surface area contributed by atoms with Gasteiger partial charge in [-0.1, -0.05) is 146 Å². The van der Waals surface area contributed by atoms with Gasteiger partial charge in [0.15, 0.2) is 0 Å². The molecule has 8 aromatic rings. The Labute approximate surface area is 324 Å². The van der Waals surface area contributed by atoms with Crippen LogP contribution >= 0.6 is 0 Å². The minimum atomic E-state index is 0.539. The van der Waals surface area contributed by atoms with Crippen LogP contribution < -0.4 is 0 Å². The third kappa shape index (κ3) is 6.00. The zero-order chi connectivity index (χ0) is 38.2. The van der Waals surface area contributed by atoms with E-state index in [9.17, 15) is 19.2 Å². The number of rotatable bonds is 8. The fourth-order valence-corrected chi connectivity index (χ4v) is 7.98. The van der Waals surface area contributed by atoms with Crippen molar-refractivity contribution in [2.45, 2.75) is 0 Å². The lowest BCUT2D eigenvalue weighted by Gasteiger charge is -2.25. The van der Waals surface area contributed by atoms with E-state index in [-0.39, 0.29) is 0 Å². The van der Waals surface area contributed by atoms with Gasteiger partial charge in [0.25, 0.3) is 0 Å². The van der Waals surface area contributed by atoms with E-state index in [1.807, 2.05) is 109 Å². The lowest BCUT2D eigenvalue weighted by atomic mass is 9.78. The standard InChI is InChI=1S/C52H32O4/c53-29-33-9-15-37(16-10-33)41-5-1-3-7-43(41)39-19-23-45-46-24-20-40(44-8-4-2-6-42(44)38-17-11-34(30-54)12-18-38)28-52(46)48-22-14-36(32-56)26-50(48)49-25-35(31-55)13-21-47(49)51(45)27-39/h1-32H. The first kappa shape index (κ1) is 34.2. The smallest absolute Gasteiger partial charge is 0.150 e. The summed E-state index contributed by atoms with van der Waals surface area (Å²) in [6.07, 6.45) is 3.41. The molecule has 0 saturated heterocycles. The number of hydrogen-bond donors (Lipinski definition) is 0. The number of fused-ring (bicyclic) bond motifs is 8. The molecule has 56 heavy (non-hydrogen) atoms. The summed E-state index contributed by atoms with van der Waals surface area (Å²) < 4.78 is 0. The summed E-state index contributed by atoms with van der Waals surface area (Å²) >= 11 is 0. The van der Waals surface area contributed by atoms with Crippen LogP contribution in [-0.4, -0.2) is 25.1 Å². The Balaban J connectivity index is 1.30. The van der Waals surface area contributed by atoms with Crippen LogP contribution in [0.1, 0.15) is 41.4 Å². The van der Waals surface area contributed by atoms with Gasteiger partial charge in [0.1, 0.15) is 25.1 Å². The number of benzene rings is 8. The molecule has 0 spiro atoms. The zero-order valence-electron chi connectivity index (χ0n) is 30.1. The number of aldehydes is 4. The highest BCUT2D eigenvalue weighted by molar-refractivity contribution is 6.07. The molecule has 0 aromatic heterocycles. The highest BCUT2D eigenvalue weighted by atomic mass is 16.1. The van der Waals surface area contributed by atoms with E-state index in [0.717, 1.165) is 114 Å². The van der Waals surface area contributed by atoms with E-state index in [1.165, 1.54) is 0 Å². The molecule has 0 unspecified atom stereocenters. The minimum absolute atomic E-state index is 0.539. The molecular weight excluding hydrogens is 689 g/mol. The second-order valence-corrected chi connectivity index (χ2v) is 13.9. The molecule has 0 aliphatic heterocycles. The molecule has 1 aliphatic rings. The Morgan fingerprint density at radius 3 is 0.839 bits per heavy atom. The van der Waals surface area contributed by atoms with Gasteiger partial charge < -0.3 is 0 Å². The van der Waals surface area contributed by atoms with Crippen LogP contribution in [-0.2, 0) is 0 Å². The molecule has 0 radical (unpaired) electrons. The minimum Gasteiger partial charge on any atom is -0.298 e. The van der Waals surface area contributed by atoms with Gasteiger partial charge in [-0.25, -0.2) is 0 Å². The largest absolute Gasteiger partial charge is 0.298 e. The van der Waals surface area contributed by atoms with Gasteiger partial charge in [-0.05, 0) is 113 Å². The van der Waals surface area contributed by atoms with Gasteiger partial charge >= 0.3 is 0 Å². The molecule has 0 amide bonds. The lowest BCUT2D eigenvalue weighted by Crippen LogP contribution is -2.00. The van der Waals surface area contributed by atoms with Crippen LogP contribution in [0.5, 0.6) is 0 Å². The van der Waals surface area contributed by atoms with Crippen LogP contribution in [0.3, 0.4) is 0 Å². The van der Waals surface area contributed by atoms with Crippen molar-refractivity contribution in [2.24, 2.45) is 0 Å². The van der Waals surface area contributed by atoms with Crippen LogP contribution in [0.25, 0.3) is 89.0 Å². The normalized spacial score (nSPS) is 11.1. The summed E-state index contributed by atoms with van der Waals surface area (Å²) in [4.78, 5) is 47.4. The predicted molar refractivity (Wildman–Crippen MR) is 225 cm³/mol. The monoisotopic (exact) mass is 720 g/mol. The van der Waals surface area contributed by atoms with Crippen molar-refractivity contribution < 1.29 is 19.2 Å². The van der Waals surface area contributed by atoms with E-state index in [1.54, 1.807) is 0 Å². The third-order valence-electron chi connectivity index (χ3n) is 10.8. The van der Waals surface area contributed by atoms with Crippen LogP contribution in [0.2, 0.25) is 0 Å². The Morgan fingerprint density at radius 2 is 0.482 bits per heavy atom. The first-order chi connectivity index (χ1) is 27.6. The SMILES string of the molecule is O=Cc1ccc(-c2ccccc2-c2ccc3c(c2)-c2ccc(C=O)cc2-c2cc(C=O)ccc2-c2cc(-c4ccccc4-c4ccc(C=O)cc4)ccc2-3)cc1. The summed E-state index contributed by atoms with van der Waals surface area (Å²) in [5.41, 5.74) is 18.2. The summed E-state index contributed by atoms with van der Waals surface area (Å²) in [5, 5.41) is 0. The van der Waals surface area contributed by atoms with Gasteiger partial charge in [-0.2, -0.15) is 0 Å². The second-order valence-electron chi connectivity index (χ2n) is 13.9.